The molecule has 6 atom stereocenters. The smallest absolute Gasteiger partial charge is 0.360 e. The van der Waals surface area contributed by atoms with Gasteiger partial charge in [0, 0.05) is 75.8 Å². The standard InChI is InChI=1S/C29H38F3N7O2Si.C23H24F3N7O/c1-18-23-6-7-24(26(23)36-39(18)17-41-9-10-42(2,3)4)34-28(40)22-12-33-38(16-22)15-19-5-8-25(35-27(19)29(30,31)32)37-13-20-11-21(20)14-37;1-12-17-3-4-18(20(17)31-30-12)28-22(34)16-7-27-33(11-16)10-13-2-5-19(29-21(13)23(24,25)26)32-8-14-6-15(14)9-32/h5,8,12,16,20-21,24H,6-7,9-11,13-15,17H2,1-4H3,(H,34,40);2,5,7,11,14-15,18H,3-4,6,8-10H2,1H3,(H,28,34)(H,30,31)/t20?,21?,24-;14?,15?,18-/m11/s1. The molecule has 6 aromatic heterocycles. The molecule has 12 rings (SSSR count). The Morgan fingerprint density at radius 1 is 0.711 bits per heavy atom. The van der Waals surface area contributed by atoms with Crippen molar-refractivity contribution in [1.29, 1.82) is 0 Å². The number of pyridine rings is 2. The van der Waals surface area contributed by atoms with E-state index in [1.165, 1.54) is 52.7 Å². The van der Waals surface area contributed by atoms with Gasteiger partial charge in [-0.05, 0) is 105 Å². The normalized spacial score (nSPS) is 22.2. The first-order valence-corrected chi connectivity index (χ1v) is 29.8. The lowest BCUT2D eigenvalue weighted by molar-refractivity contribution is -0.142. The van der Waals surface area contributed by atoms with E-state index in [4.69, 9.17) is 9.84 Å². The highest BCUT2D eigenvalue weighted by atomic mass is 28.3. The first-order chi connectivity index (χ1) is 36.1. The van der Waals surface area contributed by atoms with Crippen LogP contribution in [0.4, 0.5) is 38.0 Å². The van der Waals surface area contributed by atoms with E-state index in [1.807, 2.05) is 28.3 Å². The van der Waals surface area contributed by atoms with Gasteiger partial charge in [-0.3, -0.25) is 24.1 Å². The Balaban J connectivity index is 0.000000166. The summed E-state index contributed by atoms with van der Waals surface area (Å²) >= 11 is 0. The van der Waals surface area contributed by atoms with Crippen molar-refractivity contribution in [3.63, 3.8) is 0 Å². The second-order valence-electron chi connectivity index (χ2n) is 22.7. The van der Waals surface area contributed by atoms with Gasteiger partial charge in [-0.2, -0.15) is 46.7 Å². The van der Waals surface area contributed by atoms with Gasteiger partial charge in [0.25, 0.3) is 11.8 Å². The number of anilines is 2. The van der Waals surface area contributed by atoms with Crippen LogP contribution in [0.15, 0.2) is 49.1 Å². The van der Waals surface area contributed by atoms with Gasteiger partial charge in [-0.25, -0.2) is 14.6 Å². The summed E-state index contributed by atoms with van der Waals surface area (Å²) in [6.45, 7) is 14.8. The van der Waals surface area contributed by atoms with Crippen LogP contribution in [0.3, 0.4) is 0 Å². The van der Waals surface area contributed by atoms with Crippen molar-refractivity contribution in [1.82, 2.24) is 60.1 Å². The average Bonchev–Trinajstić information content (AvgIpc) is 3.96. The quantitative estimate of drug-likeness (QED) is 0.0512. The minimum absolute atomic E-state index is 0.0131. The fourth-order valence-corrected chi connectivity index (χ4v) is 12.0. The van der Waals surface area contributed by atoms with E-state index in [9.17, 15) is 35.9 Å². The Hall–Kier alpha value is -6.56. The molecular weight excluding hydrogens is 1010 g/mol. The third-order valence-corrected chi connectivity index (χ3v) is 17.5. The predicted molar refractivity (Wildman–Crippen MR) is 270 cm³/mol. The molecule has 2 aliphatic heterocycles. The molecule has 404 valence electrons. The molecule has 0 spiro atoms. The third-order valence-electron chi connectivity index (χ3n) is 15.8. The number of carbonyl (C=O) groups excluding carboxylic acids is 2. The van der Waals surface area contributed by atoms with Crippen molar-refractivity contribution >= 4 is 31.5 Å². The summed E-state index contributed by atoms with van der Waals surface area (Å²) in [6, 6.07) is 6.89. The first-order valence-electron chi connectivity index (χ1n) is 26.1. The van der Waals surface area contributed by atoms with Crippen LogP contribution < -0.4 is 20.4 Å². The lowest BCUT2D eigenvalue weighted by Gasteiger charge is -2.21. The number of piperidine rings is 2. The average molecular weight is 1070 g/mol. The molecule has 0 bridgehead atoms. The maximum absolute atomic E-state index is 14.0. The lowest BCUT2D eigenvalue weighted by atomic mass is 10.1. The van der Waals surface area contributed by atoms with Crippen molar-refractivity contribution in [3.8, 4) is 0 Å². The Labute approximate surface area is 436 Å². The van der Waals surface area contributed by atoms with Crippen LogP contribution in [-0.2, 0) is 49.8 Å². The monoisotopic (exact) mass is 1070 g/mol. The zero-order valence-corrected chi connectivity index (χ0v) is 44.1. The topological polar surface area (TPSA) is 182 Å². The third kappa shape index (κ3) is 11.0. The van der Waals surface area contributed by atoms with E-state index in [0.29, 0.717) is 48.6 Å². The maximum atomic E-state index is 14.0. The summed E-state index contributed by atoms with van der Waals surface area (Å²) in [6.07, 6.45) is 1.98. The summed E-state index contributed by atoms with van der Waals surface area (Å²) < 4.78 is 93.7. The van der Waals surface area contributed by atoms with E-state index in [-0.39, 0.29) is 59.2 Å². The number of aromatic amines is 1. The van der Waals surface area contributed by atoms with Gasteiger partial charge in [-0.1, -0.05) is 31.8 Å². The van der Waals surface area contributed by atoms with Gasteiger partial charge >= 0.3 is 12.4 Å². The molecule has 4 unspecified atom stereocenters. The van der Waals surface area contributed by atoms with E-state index in [1.54, 1.807) is 12.1 Å². The van der Waals surface area contributed by atoms with Gasteiger partial charge < -0.3 is 25.2 Å². The van der Waals surface area contributed by atoms with Crippen molar-refractivity contribution < 1.29 is 40.7 Å². The van der Waals surface area contributed by atoms with Gasteiger partial charge in [0.15, 0.2) is 11.4 Å². The molecule has 4 aliphatic carbocycles. The molecular formula is C52H62F6N14O3Si. The molecule has 8 heterocycles. The van der Waals surface area contributed by atoms with Crippen LogP contribution in [0.5, 0.6) is 0 Å². The molecule has 6 aromatic rings. The second kappa shape index (κ2) is 19.8. The number of hydrogen-bond donors (Lipinski definition) is 3. The molecule has 6 aliphatic rings. The maximum Gasteiger partial charge on any atom is 0.433 e. The number of aromatic nitrogens is 10. The number of rotatable bonds is 15. The highest BCUT2D eigenvalue weighted by Crippen LogP contribution is 2.48. The number of nitrogens with zero attached hydrogens (tertiary/aromatic N) is 11. The molecule has 17 nitrogen and oxygen atoms in total. The number of nitrogens with one attached hydrogen (secondary N) is 3. The fourth-order valence-electron chi connectivity index (χ4n) is 11.2. The summed E-state index contributed by atoms with van der Waals surface area (Å²) in [5.74, 6) is 2.43. The zero-order chi connectivity index (χ0) is 53.4. The molecule has 0 radical (unpaired) electrons. The number of amides is 2. The van der Waals surface area contributed by atoms with Gasteiger partial charge in [0.2, 0.25) is 0 Å². The summed E-state index contributed by atoms with van der Waals surface area (Å²) in [5, 5.41) is 26.3. The molecule has 0 aromatic carbocycles. The van der Waals surface area contributed by atoms with Crippen LogP contribution >= 0.6 is 0 Å². The van der Waals surface area contributed by atoms with Crippen molar-refractivity contribution in [2.75, 3.05) is 42.6 Å². The Bertz CT molecular complexity index is 3140. The van der Waals surface area contributed by atoms with Crippen LogP contribution in [-0.4, -0.2) is 102 Å². The number of fused-ring (bicyclic) bond motifs is 4. The van der Waals surface area contributed by atoms with E-state index in [2.05, 4.69) is 60.6 Å². The minimum atomic E-state index is -4.59. The van der Waals surface area contributed by atoms with Crippen molar-refractivity contribution in [2.45, 2.75) is 122 Å². The van der Waals surface area contributed by atoms with Gasteiger partial charge in [0.1, 0.15) is 18.4 Å². The molecule has 3 N–H and O–H groups in total. The van der Waals surface area contributed by atoms with Crippen LogP contribution in [0, 0.1) is 37.5 Å². The molecule has 76 heavy (non-hydrogen) atoms. The number of halogens is 6. The van der Waals surface area contributed by atoms with Crippen molar-refractivity contribution in [3.05, 3.63) is 117 Å². The van der Waals surface area contributed by atoms with E-state index in [0.717, 1.165) is 98.2 Å². The van der Waals surface area contributed by atoms with Gasteiger partial charge in [0.05, 0.1) is 60.1 Å². The zero-order valence-electron chi connectivity index (χ0n) is 43.1. The number of H-pyrrole nitrogens is 1. The van der Waals surface area contributed by atoms with E-state index >= 15 is 0 Å². The Kier molecular flexibility index (Phi) is 13.4. The molecule has 2 amide bonds. The summed E-state index contributed by atoms with van der Waals surface area (Å²) in [5.41, 5.74) is 4.78. The highest BCUT2D eigenvalue weighted by molar-refractivity contribution is 6.76. The highest BCUT2D eigenvalue weighted by Gasteiger charge is 2.47. The Morgan fingerprint density at radius 2 is 1.20 bits per heavy atom. The van der Waals surface area contributed by atoms with Crippen LogP contribution in [0.25, 0.3) is 0 Å². The van der Waals surface area contributed by atoms with Crippen molar-refractivity contribution in [2.24, 2.45) is 23.7 Å². The largest absolute Gasteiger partial charge is 0.433 e. The van der Waals surface area contributed by atoms with Crippen LogP contribution in [0.1, 0.15) is 115 Å². The second-order valence-corrected chi connectivity index (χ2v) is 28.3. The number of aryl methyl sites for hydroxylation is 1. The summed E-state index contributed by atoms with van der Waals surface area (Å²) in [4.78, 5) is 37.7. The number of hydrogen-bond acceptors (Lipinski definition) is 11. The molecule has 4 fully saturated rings. The molecule has 2 saturated heterocycles. The number of alkyl halides is 6. The SMILES string of the molecule is Cc1[nH]nc2c1CC[C@H]2NC(=O)c1cnn(Cc2ccc(N3CC4CC4C3)nc2C(F)(F)F)c1.Cc1c2c(nn1COCC[Si](C)(C)C)[C@H](NC(=O)c1cnn(Cc3ccc(N4CC5CC5C4)nc3C(F)(F)F)c1)CC2. The first kappa shape index (κ1) is 51.5. The Morgan fingerprint density at radius 3 is 1.68 bits per heavy atom. The summed E-state index contributed by atoms with van der Waals surface area (Å²) in [7, 11) is -1.18. The number of carbonyl (C=O) groups is 2. The predicted octanol–water partition coefficient (Wildman–Crippen LogP) is 8.29. The van der Waals surface area contributed by atoms with E-state index < -0.39 is 31.8 Å². The fraction of sp³-hybridized carbons (Fsp3) is 0.538. The molecule has 24 heteroatoms. The van der Waals surface area contributed by atoms with Gasteiger partial charge in [-0.15, -0.1) is 0 Å². The minimum Gasteiger partial charge on any atom is -0.360 e. The molecule has 2 saturated carbocycles. The van der Waals surface area contributed by atoms with Crippen LogP contribution in [0.2, 0.25) is 25.7 Å². The lowest BCUT2D eigenvalue weighted by Crippen LogP contribution is -2.27. The number of ether oxygens (including phenoxy) is 1.